The first-order valence-electron chi connectivity index (χ1n) is 8.39. The Balaban J connectivity index is 1.89. The van der Waals surface area contributed by atoms with Crippen LogP contribution in [0.5, 0.6) is 0 Å². The van der Waals surface area contributed by atoms with E-state index in [-0.39, 0.29) is 41.7 Å². The number of benzene rings is 2. The van der Waals surface area contributed by atoms with Crippen LogP contribution in [0.1, 0.15) is 39.7 Å². The van der Waals surface area contributed by atoms with Crippen LogP contribution in [0.15, 0.2) is 59.1 Å². The Morgan fingerprint density at radius 3 is 2.48 bits per heavy atom. The Morgan fingerprint density at radius 1 is 1.19 bits per heavy atom. The minimum absolute atomic E-state index is 0.104. The Kier molecular flexibility index (Phi) is 5.40. The van der Waals surface area contributed by atoms with Gasteiger partial charge in [0.2, 0.25) is 5.76 Å². The van der Waals surface area contributed by atoms with Crippen molar-refractivity contribution in [3.05, 3.63) is 93.1 Å². The number of ketones is 1. The number of aryl methyl sites for hydroxylation is 1. The SMILES string of the molecule is Cc1noc(C[C@@H](CC(=O)c2ccc(F)cc2)c2ccccc2)c1[N+](=O)[O-]. The zero-order valence-corrected chi connectivity index (χ0v) is 14.6. The molecule has 0 bridgehead atoms. The van der Waals surface area contributed by atoms with Gasteiger partial charge in [0, 0.05) is 18.4 Å². The van der Waals surface area contributed by atoms with E-state index >= 15 is 0 Å². The maximum atomic E-state index is 13.1. The zero-order chi connectivity index (χ0) is 19.4. The van der Waals surface area contributed by atoms with E-state index in [1.807, 2.05) is 30.3 Å². The summed E-state index contributed by atoms with van der Waals surface area (Å²) in [5.74, 6) is -0.797. The smallest absolute Gasteiger partial charge is 0.334 e. The van der Waals surface area contributed by atoms with Gasteiger partial charge in [-0.3, -0.25) is 14.9 Å². The molecule has 1 aromatic heterocycles. The lowest BCUT2D eigenvalue weighted by atomic mass is 9.88. The summed E-state index contributed by atoms with van der Waals surface area (Å²) in [4.78, 5) is 23.4. The topological polar surface area (TPSA) is 86.2 Å². The van der Waals surface area contributed by atoms with Gasteiger partial charge in [-0.15, -0.1) is 0 Å². The van der Waals surface area contributed by atoms with Crippen molar-refractivity contribution in [3.8, 4) is 0 Å². The fourth-order valence-corrected chi connectivity index (χ4v) is 3.01. The summed E-state index contributed by atoms with van der Waals surface area (Å²) >= 11 is 0. The molecule has 27 heavy (non-hydrogen) atoms. The summed E-state index contributed by atoms with van der Waals surface area (Å²) < 4.78 is 18.3. The van der Waals surface area contributed by atoms with Crippen LogP contribution in [-0.4, -0.2) is 15.9 Å². The van der Waals surface area contributed by atoms with E-state index in [2.05, 4.69) is 5.16 Å². The Hall–Kier alpha value is -3.35. The second-order valence-corrected chi connectivity index (χ2v) is 6.24. The lowest BCUT2D eigenvalue weighted by Gasteiger charge is -2.15. The molecular weight excluding hydrogens is 351 g/mol. The first kappa shape index (κ1) is 18.4. The summed E-state index contributed by atoms with van der Waals surface area (Å²) in [6.07, 6.45) is 0.265. The van der Waals surface area contributed by atoms with Crippen molar-refractivity contribution in [1.82, 2.24) is 5.16 Å². The number of nitrogens with zero attached hydrogens (tertiary/aromatic N) is 2. The maximum Gasteiger partial charge on any atom is 0.334 e. The van der Waals surface area contributed by atoms with Gasteiger partial charge >= 0.3 is 5.69 Å². The predicted molar refractivity (Wildman–Crippen MR) is 96.1 cm³/mol. The normalized spacial score (nSPS) is 11.9. The van der Waals surface area contributed by atoms with Gasteiger partial charge in [-0.1, -0.05) is 35.5 Å². The van der Waals surface area contributed by atoms with Crippen LogP contribution in [0, 0.1) is 22.9 Å². The minimum atomic E-state index is -0.523. The average molecular weight is 368 g/mol. The van der Waals surface area contributed by atoms with Gasteiger partial charge in [0.25, 0.3) is 0 Å². The van der Waals surface area contributed by atoms with Crippen molar-refractivity contribution in [3.63, 3.8) is 0 Å². The number of hydrogen-bond donors (Lipinski definition) is 0. The summed E-state index contributed by atoms with van der Waals surface area (Å²) in [7, 11) is 0. The molecule has 0 saturated carbocycles. The van der Waals surface area contributed by atoms with Crippen LogP contribution in [-0.2, 0) is 6.42 Å². The molecule has 3 aromatic rings. The van der Waals surface area contributed by atoms with E-state index in [1.54, 1.807) is 0 Å². The molecule has 0 N–H and O–H groups in total. The van der Waals surface area contributed by atoms with E-state index in [0.717, 1.165) is 5.56 Å². The number of hydrogen-bond acceptors (Lipinski definition) is 5. The molecule has 7 heteroatoms. The third-order valence-corrected chi connectivity index (χ3v) is 4.38. The molecule has 1 heterocycles. The van der Waals surface area contributed by atoms with Crippen molar-refractivity contribution in [1.29, 1.82) is 0 Å². The number of rotatable bonds is 7. The van der Waals surface area contributed by atoms with E-state index in [4.69, 9.17) is 4.52 Å². The van der Waals surface area contributed by atoms with Crippen LogP contribution in [0.4, 0.5) is 10.1 Å². The molecule has 0 amide bonds. The lowest BCUT2D eigenvalue weighted by Crippen LogP contribution is -2.11. The van der Waals surface area contributed by atoms with Gasteiger partial charge in [-0.2, -0.15) is 0 Å². The highest BCUT2D eigenvalue weighted by Gasteiger charge is 2.28. The average Bonchev–Trinajstić information content (AvgIpc) is 3.03. The van der Waals surface area contributed by atoms with Gasteiger partial charge in [-0.05, 0) is 42.7 Å². The molecule has 2 aromatic carbocycles. The zero-order valence-electron chi connectivity index (χ0n) is 14.6. The highest BCUT2D eigenvalue weighted by Crippen LogP contribution is 2.31. The number of halogens is 1. The second-order valence-electron chi connectivity index (χ2n) is 6.24. The minimum Gasteiger partial charge on any atom is -0.354 e. The first-order valence-corrected chi connectivity index (χ1v) is 8.39. The number of carbonyl (C=O) groups is 1. The summed E-state index contributed by atoms with van der Waals surface area (Å²) in [5, 5.41) is 15.0. The Morgan fingerprint density at radius 2 is 1.85 bits per heavy atom. The quantitative estimate of drug-likeness (QED) is 0.345. The molecule has 6 nitrogen and oxygen atoms in total. The van der Waals surface area contributed by atoms with Gasteiger partial charge < -0.3 is 4.52 Å². The van der Waals surface area contributed by atoms with E-state index < -0.39 is 10.7 Å². The molecule has 0 aliphatic carbocycles. The lowest BCUT2D eigenvalue weighted by molar-refractivity contribution is -0.386. The molecule has 0 unspecified atom stereocenters. The van der Waals surface area contributed by atoms with Crippen LogP contribution in [0.3, 0.4) is 0 Å². The number of carbonyl (C=O) groups excluding carboxylic acids is 1. The van der Waals surface area contributed by atoms with Crippen molar-refractivity contribution < 1.29 is 18.6 Å². The molecule has 1 atom stereocenters. The summed E-state index contributed by atoms with van der Waals surface area (Å²) in [6, 6.07) is 14.6. The van der Waals surface area contributed by atoms with E-state index in [9.17, 15) is 19.3 Å². The standard InChI is InChI=1S/C20H17FN2O4/c1-13-20(23(25)26)19(27-22-13)12-16(14-5-3-2-4-6-14)11-18(24)15-7-9-17(21)10-8-15/h2-10,16H,11-12H2,1H3/t16-/m1/s1. The third-order valence-electron chi connectivity index (χ3n) is 4.38. The van der Waals surface area contributed by atoms with E-state index in [0.29, 0.717) is 5.56 Å². The van der Waals surface area contributed by atoms with E-state index in [1.165, 1.54) is 31.2 Å². The molecule has 0 spiro atoms. The Labute approximate surface area is 154 Å². The van der Waals surface area contributed by atoms with Crippen molar-refractivity contribution in [2.75, 3.05) is 0 Å². The van der Waals surface area contributed by atoms with Crippen LogP contribution in [0.25, 0.3) is 0 Å². The fraction of sp³-hybridized carbons (Fsp3) is 0.200. The molecular formula is C20H17FN2O4. The van der Waals surface area contributed by atoms with Gasteiger partial charge in [0.05, 0.1) is 4.92 Å². The largest absolute Gasteiger partial charge is 0.354 e. The molecule has 0 radical (unpaired) electrons. The molecule has 0 fully saturated rings. The summed E-state index contributed by atoms with van der Waals surface area (Å²) in [6.45, 7) is 1.51. The van der Waals surface area contributed by atoms with Gasteiger partial charge in [-0.25, -0.2) is 4.39 Å². The maximum absolute atomic E-state index is 13.1. The highest BCUT2D eigenvalue weighted by atomic mass is 19.1. The monoisotopic (exact) mass is 368 g/mol. The molecule has 0 aliphatic rings. The number of aromatic nitrogens is 1. The fourth-order valence-electron chi connectivity index (χ4n) is 3.01. The Bertz CT molecular complexity index is 952. The second kappa shape index (κ2) is 7.90. The van der Waals surface area contributed by atoms with Crippen molar-refractivity contribution in [2.24, 2.45) is 0 Å². The van der Waals surface area contributed by atoms with Crippen molar-refractivity contribution in [2.45, 2.75) is 25.7 Å². The summed E-state index contributed by atoms with van der Waals surface area (Å²) in [5.41, 5.74) is 1.29. The third kappa shape index (κ3) is 4.25. The molecule has 0 saturated heterocycles. The van der Waals surface area contributed by atoms with Gasteiger partial charge in [0.15, 0.2) is 11.5 Å². The van der Waals surface area contributed by atoms with Crippen molar-refractivity contribution >= 4 is 11.5 Å². The predicted octanol–water partition coefficient (Wildman–Crippen LogP) is 4.63. The number of nitro groups is 1. The van der Waals surface area contributed by atoms with Crippen LogP contribution in [0.2, 0.25) is 0 Å². The molecule has 0 aliphatic heterocycles. The van der Waals surface area contributed by atoms with Crippen LogP contribution >= 0.6 is 0 Å². The van der Waals surface area contributed by atoms with Gasteiger partial charge in [0.1, 0.15) is 5.82 Å². The first-order chi connectivity index (χ1) is 13.0. The number of Topliss-reactive ketones (excluding diaryl/α,β-unsaturated/α-hetero) is 1. The molecule has 138 valence electrons. The highest BCUT2D eigenvalue weighted by molar-refractivity contribution is 5.96. The molecule has 3 rings (SSSR count). The van der Waals surface area contributed by atoms with Crippen LogP contribution < -0.4 is 0 Å².